The average Bonchev–Trinajstić information content (AvgIpc) is 2.76. The van der Waals surface area contributed by atoms with Crippen molar-refractivity contribution in [1.82, 2.24) is 15.1 Å². The first-order chi connectivity index (χ1) is 8.19. The van der Waals surface area contributed by atoms with E-state index in [-0.39, 0.29) is 0 Å². The molecule has 0 aliphatic rings. The van der Waals surface area contributed by atoms with Gasteiger partial charge in [0.05, 0.1) is 12.7 Å². The quantitative estimate of drug-likeness (QED) is 0.873. The molecular formula is C14H19N3. The van der Waals surface area contributed by atoms with E-state index in [4.69, 9.17) is 0 Å². The van der Waals surface area contributed by atoms with Crippen LogP contribution in [0, 0.1) is 6.92 Å². The highest BCUT2D eigenvalue weighted by Gasteiger charge is 2.05. The van der Waals surface area contributed by atoms with Crippen molar-refractivity contribution in [1.29, 1.82) is 0 Å². The minimum Gasteiger partial charge on any atom is -0.313 e. The zero-order valence-electron chi connectivity index (χ0n) is 10.6. The van der Waals surface area contributed by atoms with Gasteiger partial charge in [-0.2, -0.15) is 5.10 Å². The maximum Gasteiger partial charge on any atom is 0.0659 e. The lowest BCUT2D eigenvalue weighted by Crippen LogP contribution is -2.11. The minimum atomic E-state index is 0.348. The Morgan fingerprint density at radius 3 is 2.94 bits per heavy atom. The van der Waals surface area contributed by atoms with Crippen LogP contribution in [-0.2, 0) is 6.54 Å². The first kappa shape index (κ1) is 11.9. The van der Waals surface area contributed by atoms with Crippen LogP contribution in [0.25, 0.3) is 0 Å². The van der Waals surface area contributed by atoms with Crippen LogP contribution in [0.2, 0.25) is 0 Å². The molecule has 3 nitrogen and oxygen atoms in total. The van der Waals surface area contributed by atoms with Crippen molar-refractivity contribution in [3.05, 3.63) is 53.3 Å². The molecule has 0 radical (unpaired) electrons. The summed E-state index contributed by atoms with van der Waals surface area (Å²) < 4.78 is 1.98. The Morgan fingerprint density at radius 2 is 2.24 bits per heavy atom. The van der Waals surface area contributed by atoms with Gasteiger partial charge in [0.25, 0.3) is 0 Å². The zero-order valence-corrected chi connectivity index (χ0v) is 10.6. The summed E-state index contributed by atoms with van der Waals surface area (Å²) in [4.78, 5) is 0. The topological polar surface area (TPSA) is 29.9 Å². The van der Waals surface area contributed by atoms with Gasteiger partial charge >= 0.3 is 0 Å². The fraction of sp³-hybridized carbons (Fsp3) is 0.357. The number of nitrogens with one attached hydrogen (secondary N) is 1. The van der Waals surface area contributed by atoms with E-state index in [1.165, 1.54) is 16.7 Å². The van der Waals surface area contributed by atoms with Crippen LogP contribution in [0.15, 0.2) is 36.7 Å². The summed E-state index contributed by atoms with van der Waals surface area (Å²) in [7, 11) is 1.96. The molecule has 0 spiro atoms. The monoisotopic (exact) mass is 229 g/mol. The molecule has 1 N–H and O–H groups in total. The number of hydrogen-bond donors (Lipinski definition) is 1. The molecule has 1 unspecified atom stereocenters. The van der Waals surface area contributed by atoms with Gasteiger partial charge in [0.1, 0.15) is 0 Å². The molecule has 0 amide bonds. The predicted octanol–water partition coefficient (Wildman–Crippen LogP) is 2.52. The van der Waals surface area contributed by atoms with E-state index < -0.39 is 0 Å². The third kappa shape index (κ3) is 2.94. The van der Waals surface area contributed by atoms with Gasteiger partial charge in [0.2, 0.25) is 0 Å². The maximum atomic E-state index is 4.39. The predicted molar refractivity (Wildman–Crippen MR) is 70.0 cm³/mol. The van der Waals surface area contributed by atoms with Gasteiger partial charge in [0, 0.05) is 17.8 Å². The second kappa shape index (κ2) is 5.15. The molecule has 3 heteroatoms. The summed E-state index contributed by atoms with van der Waals surface area (Å²) in [6.07, 6.45) is 4.03. The Bertz CT molecular complexity index is 488. The minimum absolute atomic E-state index is 0.348. The number of aryl methyl sites for hydroxylation is 1. The number of nitrogens with zero attached hydrogens (tertiary/aromatic N) is 2. The summed E-state index contributed by atoms with van der Waals surface area (Å²) in [5.74, 6) is 0. The Labute approximate surface area is 102 Å². The number of aromatic nitrogens is 2. The van der Waals surface area contributed by atoms with E-state index in [9.17, 15) is 0 Å². The normalized spacial score (nSPS) is 12.6. The summed E-state index contributed by atoms with van der Waals surface area (Å²) in [5, 5.41) is 7.60. The molecule has 90 valence electrons. The highest BCUT2D eigenvalue weighted by atomic mass is 15.3. The lowest BCUT2D eigenvalue weighted by molar-refractivity contribution is 0.646. The SMILES string of the molecule is CNC(C)c1cnn(Cc2cccc(C)c2)c1. The van der Waals surface area contributed by atoms with Crippen LogP contribution in [0.5, 0.6) is 0 Å². The number of rotatable bonds is 4. The summed E-state index contributed by atoms with van der Waals surface area (Å²) in [6, 6.07) is 8.88. The number of benzene rings is 1. The van der Waals surface area contributed by atoms with Crippen molar-refractivity contribution in [3.63, 3.8) is 0 Å². The molecule has 0 aliphatic carbocycles. The first-order valence-electron chi connectivity index (χ1n) is 5.94. The van der Waals surface area contributed by atoms with E-state index in [2.05, 4.69) is 54.7 Å². The van der Waals surface area contributed by atoms with Crippen molar-refractivity contribution < 1.29 is 0 Å². The molecule has 17 heavy (non-hydrogen) atoms. The maximum absolute atomic E-state index is 4.39. The Hall–Kier alpha value is -1.61. The third-order valence-corrected chi connectivity index (χ3v) is 3.01. The molecule has 1 aromatic carbocycles. The van der Waals surface area contributed by atoms with Gasteiger partial charge in [0.15, 0.2) is 0 Å². The van der Waals surface area contributed by atoms with Crippen molar-refractivity contribution in [2.45, 2.75) is 26.4 Å². The largest absolute Gasteiger partial charge is 0.313 e. The van der Waals surface area contributed by atoms with Gasteiger partial charge < -0.3 is 5.32 Å². The molecule has 0 bridgehead atoms. The first-order valence-corrected chi connectivity index (χ1v) is 5.94. The van der Waals surface area contributed by atoms with Crippen molar-refractivity contribution >= 4 is 0 Å². The highest BCUT2D eigenvalue weighted by Crippen LogP contribution is 2.11. The molecule has 1 aromatic heterocycles. The van der Waals surface area contributed by atoms with E-state index >= 15 is 0 Å². The van der Waals surface area contributed by atoms with E-state index in [0.29, 0.717) is 6.04 Å². The van der Waals surface area contributed by atoms with E-state index in [1.54, 1.807) is 0 Å². The third-order valence-electron chi connectivity index (χ3n) is 3.01. The van der Waals surface area contributed by atoms with Crippen LogP contribution in [0.1, 0.15) is 29.7 Å². The van der Waals surface area contributed by atoms with Crippen molar-refractivity contribution in [3.8, 4) is 0 Å². The Kier molecular flexibility index (Phi) is 3.59. The molecule has 2 rings (SSSR count). The molecule has 0 saturated carbocycles. The summed E-state index contributed by atoms with van der Waals surface area (Å²) in [5.41, 5.74) is 3.80. The molecule has 0 saturated heterocycles. The van der Waals surface area contributed by atoms with Gasteiger partial charge in [-0.3, -0.25) is 4.68 Å². The second-order valence-corrected chi connectivity index (χ2v) is 4.47. The van der Waals surface area contributed by atoms with Crippen LogP contribution in [0.3, 0.4) is 0 Å². The van der Waals surface area contributed by atoms with Gasteiger partial charge in [-0.25, -0.2) is 0 Å². The van der Waals surface area contributed by atoms with Gasteiger partial charge in [-0.05, 0) is 26.5 Å². The molecule has 0 fully saturated rings. The average molecular weight is 229 g/mol. The summed E-state index contributed by atoms with van der Waals surface area (Å²) >= 11 is 0. The Morgan fingerprint density at radius 1 is 1.41 bits per heavy atom. The second-order valence-electron chi connectivity index (χ2n) is 4.47. The van der Waals surface area contributed by atoms with Crippen LogP contribution in [0.4, 0.5) is 0 Å². The lowest BCUT2D eigenvalue weighted by Gasteiger charge is -2.06. The smallest absolute Gasteiger partial charge is 0.0659 e. The summed E-state index contributed by atoms with van der Waals surface area (Å²) in [6.45, 7) is 5.08. The van der Waals surface area contributed by atoms with Crippen molar-refractivity contribution in [2.75, 3.05) is 7.05 Å². The highest BCUT2D eigenvalue weighted by molar-refractivity contribution is 5.22. The zero-order chi connectivity index (χ0) is 12.3. The van der Waals surface area contributed by atoms with Gasteiger partial charge in [-0.1, -0.05) is 29.8 Å². The van der Waals surface area contributed by atoms with Crippen LogP contribution in [-0.4, -0.2) is 16.8 Å². The van der Waals surface area contributed by atoms with Crippen LogP contribution >= 0.6 is 0 Å². The Balaban J connectivity index is 2.11. The van der Waals surface area contributed by atoms with Gasteiger partial charge in [-0.15, -0.1) is 0 Å². The number of hydrogen-bond acceptors (Lipinski definition) is 2. The van der Waals surface area contributed by atoms with E-state index in [0.717, 1.165) is 6.54 Å². The molecule has 1 atom stereocenters. The fourth-order valence-electron chi connectivity index (χ4n) is 1.85. The van der Waals surface area contributed by atoms with Crippen molar-refractivity contribution in [2.24, 2.45) is 0 Å². The molecule has 2 aromatic rings. The standard InChI is InChI=1S/C14H19N3/c1-11-5-4-6-13(7-11)9-17-10-14(8-16-17)12(2)15-3/h4-8,10,12,15H,9H2,1-3H3. The van der Waals surface area contributed by atoms with E-state index in [1.807, 2.05) is 17.9 Å². The van der Waals surface area contributed by atoms with Crippen LogP contribution < -0.4 is 5.32 Å². The molecule has 1 heterocycles. The lowest BCUT2D eigenvalue weighted by atomic mass is 10.1. The molecule has 0 aliphatic heterocycles. The fourth-order valence-corrected chi connectivity index (χ4v) is 1.85. The molecular weight excluding hydrogens is 210 g/mol.